The van der Waals surface area contributed by atoms with Crippen molar-refractivity contribution in [3.05, 3.63) is 41.4 Å². The minimum atomic E-state index is 0.112. The van der Waals surface area contributed by atoms with Crippen molar-refractivity contribution in [2.24, 2.45) is 0 Å². The third kappa shape index (κ3) is 1.44. The van der Waals surface area contributed by atoms with E-state index in [4.69, 9.17) is 17.1 Å². The SMILES string of the molecule is [N-]=[N+]=C(Cl)c1ccccc1. The van der Waals surface area contributed by atoms with Crippen molar-refractivity contribution in [3.63, 3.8) is 0 Å². The summed E-state index contributed by atoms with van der Waals surface area (Å²) in [5, 5.41) is 0.112. The Hall–Kier alpha value is -1.11. The van der Waals surface area contributed by atoms with E-state index in [1.165, 1.54) is 0 Å². The number of nitrogens with zero attached hydrogens (tertiary/aromatic N) is 2. The summed E-state index contributed by atoms with van der Waals surface area (Å²) in [5.41, 5.74) is 8.96. The van der Waals surface area contributed by atoms with Crippen LogP contribution in [-0.4, -0.2) is 9.96 Å². The third-order valence-electron chi connectivity index (χ3n) is 1.10. The minimum absolute atomic E-state index is 0.112. The zero-order chi connectivity index (χ0) is 7.40. The molecule has 0 unspecified atom stereocenters. The first-order valence-corrected chi connectivity index (χ1v) is 3.15. The van der Waals surface area contributed by atoms with Gasteiger partial charge in [-0.3, -0.25) is 0 Å². The molecule has 1 aromatic carbocycles. The van der Waals surface area contributed by atoms with Crippen LogP contribution in [0.2, 0.25) is 0 Å². The fraction of sp³-hybridized carbons (Fsp3) is 0. The third-order valence-corrected chi connectivity index (χ3v) is 1.39. The van der Waals surface area contributed by atoms with Crippen LogP contribution >= 0.6 is 11.6 Å². The molecule has 0 aromatic heterocycles. The van der Waals surface area contributed by atoms with Crippen LogP contribution in [0, 0.1) is 0 Å². The van der Waals surface area contributed by atoms with Crippen molar-refractivity contribution in [3.8, 4) is 0 Å². The monoisotopic (exact) mass is 152 g/mol. The summed E-state index contributed by atoms with van der Waals surface area (Å²) in [4.78, 5) is 2.84. The lowest BCUT2D eigenvalue weighted by molar-refractivity contribution is 0.000827. The second kappa shape index (κ2) is 3.16. The van der Waals surface area contributed by atoms with Crippen molar-refractivity contribution in [1.29, 1.82) is 0 Å². The quantitative estimate of drug-likeness (QED) is 0.335. The molecule has 50 valence electrons. The van der Waals surface area contributed by atoms with E-state index in [2.05, 4.69) is 4.79 Å². The Kier molecular flexibility index (Phi) is 2.21. The molecule has 0 bridgehead atoms. The summed E-state index contributed by atoms with van der Waals surface area (Å²) in [6.07, 6.45) is 0. The zero-order valence-electron chi connectivity index (χ0n) is 5.16. The fourth-order valence-corrected chi connectivity index (χ4v) is 0.759. The van der Waals surface area contributed by atoms with Gasteiger partial charge in [-0.25, -0.2) is 0 Å². The molecule has 2 nitrogen and oxygen atoms in total. The number of hydrogen-bond donors (Lipinski definition) is 0. The predicted octanol–water partition coefficient (Wildman–Crippen LogP) is 1.90. The average molecular weight is 153 g/mol. The van der Waals surface area contributed by atoms with E-state index in [1.54, 1.807) is 12.1 Å². The lowest BCUT2D eigenvalue weighted by atomic mass is 10.2. The molecule has 0 N–H and O–H groups in total. The van der Waals surface area contributed by atoms with Gasteiger partial charge in [-0.15, -0.1) is 0 Å². The highest BCUT2D eigenvalue weighted by atomic mass is 35.5. The molecule has 0 aliphatic rings. The average Bonchev–Trinajstić information content (AvgIpc) is 2.05. The molecule has 10 heavy (non-hydrogen) atoms. The number of benzene rings is 1. The van der Waals surface area contributed by atoms with Crippen LogP contribution < -0.4 is 0 Å². The highest BCUT2D eigenvalue weighted by molar-refractivity contribution is 6.67. The summed E-state index contributed by atoms with van der Waals surface area (Å²) < 4.78 is 0. The van der Waals surface area contributed by atoms with E-state index in [-0.39, 0.29) is 5.17 Å². The normalized spacial score (nSPS) is 8.50. The van der Waals surface area contributed by atoms with Gasteiger partial charge >= 0.3 is 5.17 Å². The van der Waals surface area contributed by atoms with E-state index in [1.807, 2.05) is 18.2 Å². The molecule has 0 atom stereocenters. The first-order valence-electron chi connectivity index (χ1n) is 2.77. The van der Waals surface area contributed by atoms with Crippen LogP contribution in [0.5, 0.6) is 0 Å². The lowest BCUT2D eigenvalue weighted by Gasteiger charge is -1.84. The van der Waals surface area contributed by atoms with Crippen LogP contribution in [0.3, 0.4) is 0 Å². The first kappa shape index (κ1) is 7.00. The lowest BCUT2D eigenvalue weighted by Crippen LogP contribution is -1.89. The van der Waals surface area contributed by atoms with Crippen molar-refractivity contribution in [1.82, 2.24) is 0 Å². The summed E-state index contributed by atoms with van der Waals surface area (Å²) in [6, 6.07) is 9.04. The van der Waals surface area contributed by atoms with Crippen molar-refractivity contribution in [2.45, 2.75) is 0 Å². The van der Waals surface area contributed by atoms with Crippen LogP contribution in [0.1, 0.15) is 5.56 Å². The highest BCUT2D eigenvalue weighted by Crippen LogP contribution is 2.00. The van der Waals surface area contributed by atoms with Crippen LogP contribution in [0.4, 0.5) is 0 Å². The Morgan fingerprint density at radius 2 is 1.90 bits per heavy atom. The molecule has 0 fully saturated rings. The van der Waals surface area contributed by atoms with E-state index in [0.717, 1.165) is 0 Å². The van der Waals surface area contributed by atoms with E-state index < -0.39 is 0 Å². The van der Waals surface area contributed by atoms with E-state index in [9.17, 15) is 0 Å². The number of halogens is 1. The molecule has 3 heteroatoms. The van der Waals surface area contributed by atoms with Crippen LogP contribution in [0.25, 0.3) is 5.53 Å². The van der Waals surface area contributed by atoms with Gasteiger partial charge in [0.25, 0.3) is 0 Å². The molecule has 0 aliphatic heterocycles. The second-order valence-corrected chi connectivity index (χ2v) is 2.11. The van der Waals surface area contributed by atoms with Crippen molar-refractivity contribution < 1.29 is 4.79 Å². The van der Waals surface area contributed by atoms with Crippen molar-refractivity contribution in [2.75, 3.05) is 0 Å². The maximum Gasteiger partial charge on any atom is 0.391 e. The van der Waals surface area contributed by atoms with Gasteiger partial charge in [0.1, 0.15) is 0 Å². The molecule has 0 heterocycles. The summed E-state index contributed by atoms with van der Waals surface area (Å²) in [7, 11) is 0. The van der Waals surface area contributed by atoms with Gasteiger partial charge in [0.2, 0.25) is 0 Å². The van der Waals surface area contributed by atoms with Gasteiger partial charge < -0.3 is 5.53 Å². The Balaban J connectivity index is 3.08. The molecular formula is C7H5ClN2. The smallest absolute Gasteiger partial charge is 0.360 e. The Bertz CT molecular complexity index is 262. The molecule has 1 rings (SSSR count). The summed E-state index contributed by atoms with van der Waals surface area (Å²) in [6.45, 7) is 0. The first-order chi connectivity index (χ1) is 4.84. The Morgan fingerprint density at radius 1 is 1.30 bits per heavy atom. The van der Waals surface area contributed by atoms with Gasteiger partial charge in [0, 0.05) is 11.6 Å². The topological polar surface area (TPSA) is 36.4 Å². The summed E-state index contributed by atoms with van der Waals surface area (Å²) in [5.74, 6) is 0. The maximum atomic E-state index is 8.24. The standard InChI is InChI=1S/C7H5ClN2/c8-7(10-9)6-4-2-1-3-5-6/h1-5H. The Labute approximate surface area is 63.7 Å². The van der Waals surface area contributed by atoms with Gasteiger partial charge in [0.05, 0.1) is 5.56 Å². The van der Waals surface area contributed by atoms with Gasteiger partial charge in [-0.1, -0.05) is 18.2 Å². The maximum absolute atomic E-state index is 8.24. The molecule has 0 saturated heterocycles. The van der Waals surface area contributed by atoms with Crippen LogP contribution in [0.15, 0.2) is 30.3 Å². The predicted molar refractivity (Wildman–Crippen MR) is 40.0 cm³/mol. The fourth-order valence-electron chi connectivity index (χ4n) is 0.633. The molecule has 1 aromatic rings. The highest BCUT2D eigenvalue weighted by Gasteiger charge is 2.03. The molecule has 0 spiro atoms. The van der Waals surface area contributed by atoms with Crippen LogP contribution in [-0.2, 0) is 0 Å². The van der Waals surface area contributed by atoms with Gasteiger partial charge in [0.15, 0.2) is 0 Å². The largest absolute Gasteiger partial charge is 0.391 e. The molecular weight excluding hydrogens is 148 g/mol. The van der Waals surface area contributed by atoms with Gasteiger partial charge in [-0.2, -0.15) is 4.79 Å². The summed E-state index contributed by atoms with van der Waals surface area (Å²) >= 11 is 5.49. The van der Waals surface area contributed by atoms with Gasteiger partial charge in [-0.05, 0) is 12.1 Å². The Morgan fingerprint density at radius 3 is 2.40 bits per heavy atom. The second-order valence-electron chi connectivity index (χ2n) is 1.76. The molecule has 0 radical (unpaired) electrons. The molecule has 0 aliphatic carbocycles. The number of hydrogen-bond acceptors (Lipinski definition) is 0. The minimum Gasteiger partial charge on any atom is -0.360 e. The molecule has 0 amide bonds. The van der Waals surface area contributed by atoms with Crippen molar-refractivity contribution >= 4 is 16.8 Å². The zero-order valence-corrected chi connectivity index (χ0v) is 5.92. The van der Waals surface area contributed by atoms with E-state index >= 15 is 0 Å². The molecule has 0 saturated carbocycles. The van der Waals surface area contributed by atoms with E-state index in [0.29, 0.717) is 5.56 Å². The number of rotatable bonds is 1.